The fourth-order valence-electron chi connectivity index (χ4n) is 1.76. The van der Waals surface area contributed by atoms with Gasteiger partial charge in [0.05, 0.1) is 0 Å². The van der Waals surface area contributed by atoms with Gasteiger partial charge in [0.2, 0.25) is 0 Å². The molecule has 0 bridgehead atoms. The molecule has 0 unspecified atom stereocenters. The van der Waals surface area contributed by atoms with Gasteiger partial charge in [-0.25, -0.2) is 9.97 Å². The van der Waals surface area contributed by atoms with Gasteiger partial charge >= 0.3 is 0 Å². The summed E-state index contributed by atoms with van der Waals surface area (Å²) in [5.74, 6) is 0. The third-order valence-electron chi connectivity index (χ3n) is 2.55. The highest BCUT2D eigenvalue weighted by Crippen LogP contribution is 2.29. The topological polar surface area (TPSA) is 25.8 Å². The lowest BCUT2D eigenvalue weighted by Crippen LogP contribution is -1.82. The zero-order chi connectivity index (χ0) is 11.7. The molecule has 84 valence electrons. The summed E-state index contributed by atoms with van der Waals surface area (Å²) in [7, 11) is 0. The van der Waals surface area contributed by atoms with Crippen molar-refractivity contribution in [3.8, 4) is 0 Å². The van der Waals surface area contributed by atoms with Gasteiger partial charge in [-0.3, -0.25) is 0 Å². The highest BCUT2D eigenvalue weighted by Gasteiger charge is 2.07. The first kappa shape index (κ1) is 10.7. The number of hydrogen-bond acceptors (Lipinski definition) is 3. The Kier molecular flexibility index (Phi) is 2.79. The molecule has 0 radical (unpaired) electrons. The maximum Gasteiger partial charge on any atom is 0.141 e. The Balaban J connectivity index is 1.99. The molecule has 3 aromatic rings. The van der Waals surface area contributed by atoms with Crippen molar-refractivity contribution in [3.63, 3.8) is 0 Å². The van der Waals surface area contributed by atoms with Crippen LogP contribution in [0.4, 0.5) is 0 Å². The van der Waals surface area contributed by atoms with Gasteiger partial charge in [-0.1, -0.05) is 41.9 Å². The Morgan fingerprint density at radius 1 is 1.12 bits per heavy atom. The smallest absolute Gasteiger partial charge is 0.141 e. The van der Waals surface area contributed by atoms with Gasteiger partial charge in [-0.15, -0.1) is 11.3 Å². The summed E-state index contributed by atoms with van der Waals surface area (Å²) in [5.41, 5.74) is 1.29. The molecule has 3 rings (SSSR count). The lowest BCUT2D eigenvalue weighted by atomic mass is 10.1. The highest BCUT2D eigenvalue weighted by molar-refractivity contribution is 7.18. The molecule has 0 amide bonds. The molecule has 0 fully saturated rings. The Bertz CT molecular complexity index is 649. The van der Waals surface area contributed by atoms with E-state index in [2.05, 4.69) is 40.3 Å². The van der Waals surface area contributed by atoms with Gasteiger partial charge in [0.25, 0.3) is 0 Å². The normalized spacial score (nSPS) is 10.9. The third kappa shape index (κ3) is 2.16. The summed E-state index contributed by atoms with van der Waals surface area (Å²) in [4.78, 5) is 10.4. The van der Waals surface area contributed by atoms with Gasteiger partial charge in [0.15, 0.2) is 0 Å². The second-order valence-electron chi connectivity index (χ2n) is 3.76. The molecule has 1 aromatic carbocycles. The van der Waals surface area contributed by atoms with Crippen LogP contribution in [-0.2, 0) is 6.42 Å². The minimum absolute atomic E-state index is 0.533. The predicted octanol–water partition coefficient (Wildman–Crippen LogP) is 3.94. The van der Waals surface area contributed by atoms with Crippen LogP contribution in [0.2, 0.25) is 5.15 Å². The van der Waals surface area contributed by atoms with Crippen molar-refractivity contribution in [1.82, 2.24) is 9.97 Å². The molecule has 4 heteroatoms. The van der Waals surface area contributed by atoms with Crippen molar-refractivity contribution in [1.29, 1.82) is 0 Å². The van der Waals surface area contributed by atoms with E-state index in [4.69, 9.17) is 11.6 Å². The fraction of sp³-hybridized carbons (Fsp3) is 0.0769. The Morgan fingerprint density at radius 2 is 1.94 bits per heavy atom. The number of fused-ring (bicyclic) bond motifs is 1. The summed E-state index contributed by atoms with van der Waals surface area (Å²) in [6.45, 7) is 0. The van der Waals surface area contributed by atoms with Crippen LogP contribution in [0, 0.1) is 0 Å². The quantitative estimate of drug-likeness (QED) is 0.653. The van der Waals surface area contributed by atoms with Crippen LogP contribution in [0.15, 0.2) is 42.7 Å². The molecular weight excluding hydrogens is 252 g/mol. The molecule has 0 saturated heterocycles. The Morgan fingerprint density at radius 3 is 2.71 bits per heavy atom. The number of hydrogen-bond donors (Lipinski definition) is 0. The molecule has 2 nitrogen and oxygen atoms in total. The molecule has 0 spiro atoms. The summed E-state index contributed by atoms with van der Waals surface area (Å²) in [6.07, 6.45) is 2.42. The van der Waals surface area contributed by atoms with E-state index >= 15 is 0 Å². The molecule has 0 aliphatic rings. The number of rotatable bonds is 2. The maximum absolute atomic E-state index is 6.03. The summed E-state index contributed by atoms with van der Waals surface area (Å²) in [5, 5.41) is 1.48. The Labute approximate surface area is 108 Å². The van der Waals surface area contributed by atoms with Gasteiger partial charge < -0.3 is 0 Å². The Hall–Kier alpha value is -1.45. The molecule has 2 aromatic heterocycles. The summed E-state index contributed by atoms with van der Waals surface area (Å²) < 4.78 is 0. The van der Waals surface area contributed by atoms with E-state index in [1.807, 2.05) is 6.07 Å². The molecule has 2 heterocycles. The van der Waals surface area contributed by atoms with Crippen LogP contribution in [0.3, 0.4) is 0 Å². The summed E-state index contributed by atoms with van der Waals surface area (Å²) >= 11 is 7.70. The standard InChI is InChI=1S/C13H9ClN2S/c14-12-11-7-10(17-13(11)16-8-15-12)6-9-4-2-1-3-5-9/h1-5,7-8H,6H2. The molecule has 17 heavy (non-hydrogen) atoms. The van der Waals surface area contributed by atoms with E-state index in [0.717, 1.165) is 16.6 Å². The molecule has 0 saturated carbocycles. The molecule has 0 atom stereocenters. The van der Waals surface area contributed by atoms with E-state index < -0.39 is 0 Å². The molecule has 0 N–H and O–H groups in total. The SMILES string of the molecule is Clc1ncnc2sc(Cc3ccccc3)cc12. The second kappa shape index (κ2) is 4.43. The van der Waals surface area contributed by atoms with Crippen molar-refractivity contribution in [2.24, 2.45) is 0 Å². The highest BCUT2D eigenvalue weighted by atomic mass is 35.5. The average molecular weight is 261 g/mol. The molecular formula is C13H9ClN2S. The largest absolute Gasteiger partial charge is 0.225 e. The number of benzene rings is 1. The van der Waals surface area contributed by atoms with E-state index in [0.29, 0.717) is 5.15 Å². The summed E-state index contributed by atoms with van der Waals surface area (Å²) in [6, 6.07) is 12.5. The number of halogens is 1. The van der Waals surface area contributed by atoms with Crippen molar-refractivity contribution >= 4 is 33.2 Å². The van der Waals surface area contributed by atoms with Crippen molar-refractivity contribution < 1.29 is 0 Å². The molecule has 0 aliphatic heterocycles. The van der Waals surface area contributed by atoms with E-state index in [-0.39, 0.29) is 0 Å². The molecule has 0 aliphatic carbocycles. The van der Waals surface area contributed by atoms with Crippen LogP contribution in [0.5, 0.6) is 0 Å². The lowest BCUT2D eigenvalue weighted by molar-refractivity contribution is 1.23. The third-order valence-corrected chi connectivity index (χ3v) is 3.90. The first-order chi connectivity index (χ1) is 8.33. The number of thiophene rings is 1. The van der Waals surface area contributed by atoms with Crippen LogP contribution < -0.4 is 0 Å². The van der Waals surface area contributed by atoms with Crippen molar-refractivity contribution in [2.75, 3.05) is 0 Å². The predicted molar refractivity (Wildman–Crippen MR) is 71.7 cm³/mol. The maximum atomic E-state index is 6.03. The van der Waals surface area contributed by atoms with E-state index in [1.54, 1.807) is 11.3 Å². The fourth-order valence-corrected chi connectivity index (χ4v) is 3.03. The first-order valence-electron chi connectivity index (χ1n) is 5.26. The second-order valence-corrected chi connectivity index (χ2v) is 5.23. The van der Waals surface area contributed by atoms with Crippen LogP contribution in [0.25, 0.3) is 10.2 Å². The lowest BCUT2D eigenvalue weighted by Gasteiger charge is -1.96. The minimum Gasteiger partial charge on any atom is -0.225 e. The van der Waals surface area contributed by atoms with Gasteiger partial charge in [-0.05, 0) is 11.6 Å². The van der Waals surface area contributed by atoms with Gasteiger partial charge in [0, 0.05) is 16.7 Å². The number of nitrogens with zero attached hydrogens (tertiary/aromatic N) is 2. The monoisotopic (exact) mass is 260 g/mol. The van der Waals surface area contributed by atoms with Gasteiger partial charge in [0.1, 0.15) is 16.3 Å². The van der Waals surface area contributed by atoms with Gasteiger partial charge in [-0.2, -0.15) is 0 Å². The van der Waals surface area contributed by atoms with Crippen LogP contribution >= 0.6 is 22.9 Å². The van der Waals surface area contributed by atoms with Crippen molar-refractivity contribution in [2.45, 2.75) is 6.42 Å². The van der Waals surface area contributed by atoms with E-state index in [9.17, 15) is 0 Å². The van der Waals surface area contributed by atoms with Crippen LogP contribution in [0.1, 0.15) is 10.4 Å². The zero-order valence-corrected chi connectivity index (χ0v) is 10.5. The zero-order valence-electron chi connectivity index (χ0n) is 8.93. The van der Waals surface area contributed by atoms with Crippen molar-refractivity contribution in [3.05, 3.63) is 58.3 Å². The van der Waals surface area contributed by atoms with Crippen LogP contribution in [-0.4, -0.2) is 9.97 Å². The average Bonchev–Trinajstić information content (AvgIpc) is 2.74. The van der Waals surface area contributed by atoms with E-state index in [1.165, 1.54) is 16.8 Å². The minimum atomic E-state index is 0.533. The number of aromatic nitrogens is 2. The first-order valence-corrected chi connectivity index (χ1v) is 6.45.